The molecule has 2 rings (SSSR count). The summed E-state index contributed by atoms with van der Waals surface area (Å²) in [6.07, 6.45) is 0. The SMILES string of the molecule is O=C(CS(=O)(=O)CC(=O)Nc1ccccc1)NCc1ccccc1. The number of benzene rings is 2. The molecule has 2 aromatic rings. The van der Waals surface area contributed by atoms with E-state index in [-0.39, 0.29) is 6.54 Å². The molecule has 2 N–H and O–H groups in total. The predicted molar refractivity (Wildman–Crippen MR) is 92.0 cm³/mol. The van der Waals surface area contributed by atoms with Crippen LogP contribution >= 0.6 is 0 Å². The number of rotatable bonds is 7. The van der Waals surface area contributed by atoms with Crippen LogP contribution in [0, 0.1) is 0 Å². The van der Waals surface area contributed by atoms with Gasteiger partial charge in [0, 0.05) is 12.2 Å². The van der Waals surface area contributed by atoms with Crippen molar-refractivity contribution in [1.29, 1.82) is 0 Å². The topological polar surface area (TPSA) is 92.3 Å². The molecule has 0 bridgehead atoms. The third-order valence-corrected chi connectivity index (χ3v) is 4.50. The maximum Gasteiger partial charge on any atom is 0.239 e. The zero-order valence-electron chi connectivity index (χ0n) is 12.9. The molecular formula is C17H18N2O4S. The summed E-state index contributed by atoms with van der Waals surface area (Å²) in [7, 11) is -3.83. The van der Waals surface area contributed by atoms with Crippen molar-refractivity contribution >= 4 is 27.3 Å². The number of carbonyl (C=O) groups excluding carboxylic acids is 2. The van der Waals surface area contributed by atoms with E-state index in [1.165, 1.54) is 0 Å². The van der Waals surface area contributed by atoms with Gasteiger partial charge in [0.25, 0.3) is 0 Å². The summed E-state index contributed by atoms with van der Waals surface area (Å²) in [4.78, 5) is 23.5. The summed E-state index contributed by atoms with van der Waals surface area (Å²) < 4.78 is 23.9. The van der Waals surface area contributed by atoms with Crippen molar-refractivity contribution in [1.82, 2.24) is 5.32 Å². The molecule has 0 saturated heterocycles. The van der Waals surface area contributed by atoms with Crippen molar-refractivity contribution in [3.8, 4) is 0 Å². The Hall–Kier alpha value is -2.67. The molecule has 0 aliphatic heterocycles. The lowest BCUT2D eigenvalue weighted by molar-refractivity contribution is -0.118. The standard InChI is InChI=1S/C17H18N2O4S/c20-16(18-11-14-7-3-1-4-8-14)12-24(22,23)13-17(21)19-15-9-5-2-6-10-15/h1-10H,11-13H2,(H,18,20)(H,19,21). The number of anilines is 1. The highest BCUT2D eigenvalue weighted by Gasteiger charge is 2.20. The summed E-state index contributed by atoms with van der Waals surface area (Å²) in [5.41, 5.74) is 1.37. The number of carbonyl (C=O) groups is 2. The van der Waals surface area contributed by atoms with Crippen LogP contribution in [0.1, 0.15) is 5.56 Å². The third-order valence-electron chi connectivity index (χ3n) is 3.09. The van der Waals surface area contributed by atoms with E-state index in [0.717, 1.165) is 5.56 Å². The second-order valence-electron chi connectivity index (χ2n) is 5.21. The first-order valence-corrected chi connectivity index (χ1v) is 9.13. The molecule has 0 fully saturated rings. The number of sulfone groups is 1. The van der Waals surface area contributed by atoms with Gasteiger partial charge in [-0.25, -0.2) is 8.42 Å². The van der Waals surface area contributed by atoms with E-state index in [2.05, 4.69) is 10.6 Å². The summed E-state index contributed by atoms with van der Waals surface area (Å²) in [6, 6.07) is 17.7. The molecule has 2 aromatic carbocycles. The minimum absolute atomic E-state index is 0.241. The van der Waals surface area contributed by atoms with Crippen molar-refractivity contribution in [3.63, 3.8) is 0 Å². The fraction of sp³-hybridized carbons (Fsp3) is 0.176. The molecule has 24 heavy (non-hydrogen) atoms. The van der Waals surface area contributed by atoms with E-state index in [1.54, 1.807) is 30.3 Å². The van der Waals surface area contributed by atoms with Crippen LogP contribution in [0.4, 0.5) is 5.69 Å². The quantitative estimate of drug-likeness (QED) is 0.792. The number of hydrogen-bond donors (Lipinski definition) is 2. The van der Waals surface area contributed by atoms with Crippen LogP contribution in [-0.2, 0) is 26.0 Å². The highest BCUT2D eigenvalue weighted by Crippen LogP contribution is 2.05. The second kappa shape index (κ2) is 8.26. The molecule has 0 aromatic heterocycles. The molecule has 0 spiro atoms. The lowest BCUT2D eigenvalue weighted by Crippen LogP contribution is -2.33. The third kappa shape index (κ3) is 6.21. The van der Waals surface area contributed by atoms with Crippen LogP contribution in [0.5, 0.6) is 0 Å². The molecule has 0 atom stereocenters. The molecule has 0 aliphatic carbocycles. The average Bonchev–Trinajstić information content (AvgIpc) is 2.53. The van der Waals surface area contributed by atoms with Gasteiger partial charge in [-0.15, -0.1) is 0 Å². The minimum atomic E-state index is -3.83. The van der Waals surface area contributed by atoms with E-state index >= 15 is 0 Å². The van der Waals surface area contributed by atoms with Crippen LogP contribution in [0.25, 0.3) is 0 Å². The number of para-hydroxylation sites is 1. The molecule has 0 radical (unpaired) electrons. The zero-order chi connectivity index (χ0) is 17.4. The number of amides is 2. The largest absolute Gasteiger partial charge is 0.351 e. The van der Waals surface area contributed by atoms with Crippen LogP contribution < -0.4 is 10.6 Å². The van der Waals surface area contributed by atoms with Crippen molar-refractivity contribution in [3.05, 3.63) is 66.2 Å². The van der Waals surface area contributed by atoms with Crippen molar-refractivity contribution in [2.75, 3.05) is 16.8 Å². The predicted octanol–water partition coefficient (Wildman–Crippen LogP) is 1.36. The normalized spacial score (nSPS) is 10.8. The van der Waals surface area contributed by atoms with Crippen LogP contribution in [0.3, 0.4) is 0 Å². The summed E-state index contributed by atoms with van der Waals surface area (Å²) in [6.45, 7) is 0.241. The number of nitrogens with one attached hydrogen (secondary N) is 2. The van der Waals surface area contributed by atoms with Crippen LogP contribution in [-0.4, -0.2) is 31.7 Å². The van der Waals surface area contributed by atoms with Gasteiger partial charge in [0.05, 0.1) is 0 Å². The van der Waals surface area contributed by atoms with Gasteiger partial charge in [-0.1, -0.05) is 48.5 Å². The first-order chi connectivity index (χ1) is 11.4. The van der Waals surface area contributed by atoms with Gasteiger partial charge in [0.2, 0.25) is 11.8 Å². The van der Waals surface area contributed by atoms with Crippen molar-refractivity contribution in [2.45, 2.75) is 6.54 Å². The monoisotopic (exact) mass is 346 g/mol. The zero-order valence-corrected chi connectivity index (χ0v) is 13.8. The van der Waals surface area contributed by atoms with Gasteiger partial charge >= 0.3 is 0 Å². The minimum Gasteiger partial charge on any atom is -0.351 e. The maximum absolute atomic E-state index is 11.9. The first-order valence-electron chi connectivity index (χ1n) is 7.30. The summed E-state index contributed by atoms with van der Waals surface area (Å²) >= 11 is 0. The van der Waals surface area contributed by atoms with Gasteiger partial charge in [-0.2, -0.15) is 0 Å². The van der Waals surface area contributed by atoms with E-state index in [4.69, 9.17) is 0 Å². The van der Waals surface area contributed by atoms with Gasteiger partial charge in [-0.05, 0) is 17.7 Å². The number of hydrogen-bond acceptors (Lipinski definition) is 4. The van der Waals surface area contributed by atoms with Crippen LogP contribution in [0.2, 0.25) is 0 Å². The van der Waals surface area contributed by atoms with E-state index in [9.17, 15) is 18.0 Å². The molecule has 0 saturated carbocycles. The summed E-state index contributed by atoms with van der Waals surface area (Å²) in [5, 5.41) is 5.01. The molecular weight excluding hydrogens is 328 g/mol. The Labute approximate surface area is 140 Å². The maximum atomic E-state index is 11.9. The van der Waals surface area contributed by atoms with E-state index in [0.29, 0.717) is 5.69 Å². The molecule has 126 valence electrons. The lowest BCUT2D eigenvalue weighted by atomic mass is 10.2. The fourth-order valence-electron chi connectivity index (χ4n) is 2.02. The first kappa shape index (κ1) is 17.7. The Morgan fingerprint density at radius 1 is 0.792 bits per heavy atom. The second-order valence-corrected chi connectivity index (χ2v) is 7.27. The average molecular weight is 346 g/mol. The Morgan fingerprint density at radius 3 is 1.96 bits per heavy atom. The Morgan fingerprint density at radius 2 is 1.33 bits per heavy atom. The fourth-order valence-corrected chi connectivity index (χ4v) is 3.09. The molecule has 0 aliphatic rings. The van der Waals surface area contributed by atoms with Gasteiger partial charge < -0.3 is 10.6 Å². The summed E-state index contributed by atoms with van der Waals surface area (Å²) in [5.74, 6) is -2.76. The highest BCUT2D eigenvalue weighted by atomic mass is 32.2. The van der Waals surface area contributed by atoms with Gasteiger partial charge in [-0.3, -0.25) is 9.59 Å². The lowest BCUT2D eigenvalue weighted by Gasteiger charge is -2.07. The Bertz CT molecular complexity index is 790. The van der Waals surface area contributed by atoms with Crippen molar-refractivity contribution in [2.24, 2.45) is 0 Å². The van der Waals surface area contributed by atoms with Gasteiger partial charge in [0.1, 0.15) is 11.5 Å². The Kier molecular flexibility index (Phi) is 6.08. The molecule has 2 amide bonds. The molecule has 7 heteroatoms. The van der Waals surface area contributed by atoms with E-state index in [1.807, 2.05) is 30.3 Å². The van der Waals surface area contributed by atoms with E-state index < -0.39 is 33.2 Å². The Balaban J connectivity index is 1.81. The molecule has 0 heterocycles. The van der Waals surface area contributed by atoms with Crippen LogP contribution in [0.15, 0.2) is 60.7 Å². The highest BCUT2D eigenvalue weighted by molar-refractivity contribution is 7.92. The van der Waals surface area contributed by atoms with Crippen molar-refractivity contribution < 1.29 is 18.0 Å². The smallest absolute Gasteiger partial charge is 0.239 e. The van der Waals surface area contributed by atoms with Gasteiger partial charge in [0.15, 0.2) is 9.84 Å². The molecule has 0 unspecified atom stereocenters. The molecule has 6 nitrogen and oxygen atoms in total.